The van der Waals surface area contributed by atoms with Crippen LogP contribution in [0.3, 0.4) is 0 Å². The lowest BCUT2D eigenvalue weighted by Gasteiger charge is -2.13. The van der Waals surface area contributed by atoms with Crippen molar-refractivity contribution in [3.63, 3.8) is 0 Å². The number of hydrogen-bond acceptors (Lipinski definition) is 5. The average Bonchev–Trinajstić information content (AvgIpc) is 3.04. The Hall–Kier alpha value is -1.89. The van der Waals surface area contributed by atoms with Crippen LogP contribution < -0.4 is 5.32 Å². The molecular weight excluding hydrogens is 334 g/mol. The lowest BCUT2D eigenvalue weighted by molar-refractivity contribution is -0.119. The van der Waals surface area contributed by atoms with Crippen LogP contribution in [0, 0.1) is 13.8 Å². The number of nitrogens with one attached hydrogen (secondary N) is 1. The van der Waals surface area contributed by atoms with Gasteiger partial charge < -0.3 is 5.32 Å². The van der Waals surface area contributed by atoms with E-state index in [2.05, 4.69) is 47.7 Å². The summed E-state index contributed by atoms with van der Waals surface area (Å²) in [5, 5.41) is 15.6. The number of rotatable bonds is 9. The van der Waals surface area contributed by atoms with E-state index in [0.29, 0.717) is 10.9 Å². The van der Waals surface area contributed by atoms with Crippen LogP contribution in [0.25, 0.3) is 5.69 Å². The van der Waals surface area contributed by atoms with Gasteiger partial charge in [0, 0.05) is 6.04 Å². The maximum Gasteiger partial charge on any atom is 0.230 e. The predicted molar refractivity (Wildman–Crippen MR) is 101 cm³/mol. The molecule has 0 saturated heterocycles. The van der Waals surface area contributed by atoms with Crippen molar-refractivity contribution in [2.45, 2.75) is 64.6 Å². The van der Waals surface area contributed by atoms with E-state index in [1.165, 1.54) is 30.2 Å². The van der Waals surface area contributed by atoms with E-state index < -0.39 is 0 Å². The molecule has 0 saturated carbocycles. The number of carbonyl (C=O) groups excluding carboxylic acids is 1. The molecular formula is C18H27N5OS. The first-order valence-corrected chi connectivity index (χ1v) is 9.78. The molecule has 2 aromatic rings. The van der Waals surface area contributed by atoms with Crippen molar-refractivity contribution in [3.8, 4) is 5.69 Å². The first-order chi connectivity index (χ1) is 12.0. The number of tetrazole rings is 1. The van der Waals surface area contributed by atoms with Crippen LogP contribution in [0.5, 0.6) is 0 Å². The highest BCUT2D eigenvalue weighted by Crippen LogP contribution is 2.22. The molecule has 0 unspecified atom stereocenters. The zero-order valence-corrected chi connectivity index (χ0v) is 16.3. The van der Waals surface area contributed by atoms with Crippen molar-refractivity contribution < 1.29 is 4.79 Å². The molecule has 1 aromatic heterocycles. The van der Waals surface area contributed by atoms with Gasteiger partial charge in [-0.25, -0.2) is 0 Å². The van der Waals surface area contributed by atoms with Crippen LogP contribution >= 0.6 is 11.8 Å². The average molecular weight is 362 g/mol. The van der Waals surface area contributed by atoms with Gasteiger partial charge in [0.2, 0.25) is 11.1 Å². The van der Waals surface area contributed by atoms with Gasteiger partial charge >= 0.3 is 0 Å². The second kappa shape index (κ2) is 9.56. The summed E-state index contributed by atoms with van der Waals surface area (Å²) in [6.45, 7) is 8.34. The molecule has 7 heteroatoms. The topological polar surface area (TPSA) is 72.7 Å². The molecule has 0 aliphatic rings. The van der Waals surface area contributed by atoms with Crippen LogP contribution in [0.1, 0.15) is 50.7 Å². The SMILES string of the molecule is CCCCC[C@H](C)NC(=O)CSc1nnnn1-c1cccc(C)c1C. The number of nitrogens with zero attached hydrogens (tertiary/aromatic N) is 4. The highest BCUT2D eigenvalue weighted by Gasteiger charge is 2.14. The van der Waals surface area contributed by atoms with Gasteiger partial charge in [0.05, 0.1) is 11.4 Å². The van der Waals surface area contributed by atoms with Gasteiger partial charge in [0.1, 0.15) is 0 Å². The minimum absolute atomic E-state index is 0.0181. The molecule has 0 spiro atoms. The van der Waals surface area contributed by atoms with Crippen LogP contribution in [-0.2, 0) is 4.79 Å². The molecule has 1 atom stereocenters. The Bertz CT molecular complexity index is 701. The van der Waals surface area contributed by atoms with Gasteiger partial charge in [-0.05, 0) is 54.8 Å². The molecule has 0 bridgehead atoms. The number of unbranched alkanes of at least 4 members (excludes halogenated alkanes) is 2. The summed E-state index contributed by atoms with van der Waals surface area (Å²) < 4.78 is 1.70. The number of amides is 1. The molecule has 1 heterocycles. The lowest BCUT2D eigenvalue weighted by atomic mass is 10.1. The molecule has 2 rings (SSSR count). The van der Waals surface area contributed by atoms with Crippen molar-refractivity contribution in [1.82, 2.24) is 25.5 Å². The highest BCUT2D eigenvalue weighted by atomic mass is 32.2. The summed E-state index contributed by atoms with van der Waals surface area (Å²) >= 11 is 1.36. The number of hydrogen-bond donors (Lipinski definition) is 1. The van der Waals surface area contributed by atoms with Gasteiger partial charge in [-0.1, -0.05) is 50.1 Å². The van der Waals surface area contributed by atoms with E-state index in [1.807, 2.05) is 19.1 Å². The third kappa shape index (κ3) is 5.56. The fourth-order valence-electron chi connectivity index (χ4n) is 2.60. The third-order valence-electron chi connectivity index (χ3n) is 4.23. The second-order valence-corrected chi connectivity index (χ2v) is 7.29. The number of carbonyl (C=O) groups is 1. The maximum absolute atomic E-state index is 12.1. The molecule has 0 fully saturated rings. The van der Waals surface area contributed by atoms with Crippen molar-refractivity contribution in [1.29, 1.82) is 0 Å². The van der Waals surface area contributed by atoms with Gasteiger partial charge in [-0.15, -0.1) is 5.10 Å². The van der Waals surface area contributed by atoms with E-state index in [4.69, 9.17) is 0 Å². The summed E-state index contributed by atoms with van der Waals surface area (Å²) in [5.41, 5.74) is 3.26. The Morgan fingerprint density at radius 3 is 2.88 bits per heavy atom. The molecule has 1 N–H and O–H groups in total. The van der Waals surface area contributed by atoms with Gasteiger partial charge in [0.15, 0.2) is 0 Å². The maximum atomic E-state index is 12.1. The normalized spacial score (nSPS) is 12.2. The Labute approximate surface area is 153 Å². The molecule has 6 nitrogen and oxygen atoms in total. The van der Waals surface area contributed by atoms with Gasteiger partial charge in [-0.2, -0.15) is 4.68 Å². The second-order valence-electron chi connectivity index (χ2n) is 6.35. The Kier molecular flexibility index (Phi) is 7.43. The van der Waals surface area contributed by atoms with Crippen LogP contribution in [-0.4, -0.2) is 37.9 Å². The van der Waals surface area contributed by atoms with E-state index >= 15 is 0 Å². The quantitative estimate of drug-likeness (QED) is 0.547. The van der Waals surface area contributed by atoms with Crippen LogP contribution in [0.4, 0.5) is 0 Å². The molecule has 0 aliphatic carbocycles. The minimum atomic E-state index is 0.0181. The van der Waals surface area contributed by atoms with Crippen molar-refractivity contribution in [3.05, 3.63) is 29.3 Å². The summed E-state index contributed by atoms with van der Waals surface area (Å²) in [6, 6.07) is 6.23. The Morgan fingerprint density at radius 2 is 2.12 bits per heavy atom. The Balaban J connectivity index is 1.93. The zero-order valence-electron chi connectivity index (χ0n) is 15.5. The molecule has 1 aromatic carbocycles. The lowest BCUT2D eigenvalue weighted by Crippen LogP contribution is -2.33. The minimum Gasteiger partial charge on any atom is -0.353 e. The largest absolute Gasteiger partial charge is 0.353 e. The van der Waals surface area contributed by atoms with Crippen molar-refractivity contribution in [2.24, 2.45) is 0 Å². The van der Waals surface area contributed by atoms with E-state index in [1.54, 1.807) is 4.68 Å². The molecule has 25 heavy (non-hydrogen) atoms. The number of benzene rings is 1. The predicted octanol–water partition coefficient (Wildman–Crippen LogP) is 3.46. The smallest absolute Gasteiger partial charge is 0.230 e. The van der Waals surface area contributed by atoms with Crippen molar-refractivity contribution >= 4 is 17.7 Å². The first-order valence-electron chi connectivity index (χ1n) is 8.80. The van der Waals surface area contributed by atoms with Crippen molar-refractivity contribution in [2.75, 3.05) is 5.75 Å². The fraction of sp³-hybridized carbons (Fsp3) is 0.556. The van der Waals surface area contributed by atoms with Crippen LogP contribution in [0.2, 0.25) is 0 Å². The third-order valence-corrected chi connectivity index (χ3v) is 5.14. The highest BCUT2D eigenvalue weighted by molar-refractivity contribution is 7.99. The summed E-state index contributed by atoms with van der Waals surface area (Å²) in [7, 11) is 0. The number of aromatic nitrogens is 4. The van der Waals surface area contributed by atoms with E-state index in [9.17, 15) is 4.79 Å². The zero-order chi connectivity index (χ0) is 18.2. The molecule has 136 valence electrons. The molecule has 0 aliphatic heterocycles. The van der Waals surface area contributed by atoms with E-state index in [0.717, 1.165) is 24.1 Å². The monoisotopic (exact) mass is 361 g/mol. The number of aryl methyl sites for hydroxylation is 1. The molecule has 1 amide bonds. The summed E-state index contributed by atoms with van der Waals surface area (Å²) in [6.07, 6.45) is 4.57. The number of thioether (sulfide) groups is 1. The Morgan fingerprint density at radius 1 is 1.32 bits per heavy atom. The summed E-state index contributed by atoms with van der Waals surface area (Å²) in [5.74, 6) is 0.327. The van der Waals surface area contributed by atoms with E-state index in [-0.39, 0.29) is 11.9 Å². The molecule has 0 radical (unpaired) electrons. The van der Waals surface area contributed by atoms with Crippen LogP contribution in [0.15, 0.2) is 23.4 Å². The fourth-order valence-corrected chi connectivity index (χ4v) is 3.30. The first kappa shape index (κ1) is 19.4. The standard InChI is InChI=1S/C18H27N5OS/c1-5-6-7-10-14(3)19-17(24)12-25-18-20-21-22-23(18)16-11-8-9-13(2)15(16)4/h8-9,11,14H,5-7,10,12H2,1-4H3,(H,19,24)/t14-/m0/s1. The van der Waals surface area contributed by atoms with Gasteiger partial charge in [0.25, 0.3) is 0 Å². The van der Waals surface area contributed by atoms with Gasteiger partial charge in [-0.3, -0.25) is 4.79 Å². The summed E-state index contributed by atoms with van der Waals surface area (Å²) in [4.78, 5) is 12.1.